The van der Waals surface area contributed by atoms with E-state index in [1.807, 2.05) is 42.5 Å². The van der Waals surface area contributed by atoms with Crippen LogP contribution in [0.2, 0.25) is 0 Å². The quantitative estimate of drug-likeness (QED) is 0.429. The summed E-state index contributed by atoms with van der Waals surface area (Å²) >= 11 is 3.44. The average molecular weight is 513 g/mol. The Kier molecular flexibility index (Phi) is 8.41. The van der Waals surface area contributed by atoms with Gasteiger partial charge < -0.3 is 14.8 Å². The van der Waals surface area contributed by atoms with Crippen LogP contribution in [0.5, 0.6) is 0 Å². The first-order chi connectivity index (χ1) is 16.1. The molecule has 1 aromatic heterocycles. The predicted molar refractivity (Wildman–Crippen MR) is 133 cm³/mol. The summed E-state index contributed by atoms with van der Waals surface area (Å²) in [5.74, 6) is 0. The number of ether oxygens (including phenoxy) is 1. The molecule has 8 heteroatoms. The van der Waals surface area contributed by atoms with Gasteiger partial charge in [0.05, 0.1) is 31.2 Å². The number of benzene rings is 2. The summed E-state index contributed by atoms with van der Waals surface area (Å²) < 4.78 is 6.36. The largest absolute Gasteiger partial charge is 0.394 e. The van der Waals surface area contributed by atoms with Crippen molar-refractivity contribution in [3.63, 3.8) is 0 Å². The summed E-state index contributed by atoms with van der Waals surface area (Å²) in [6.45, 7) is 7.07. The lowest BCUT2D eigenvalue weighted by Gasteiger charge is -2.34. The lowest BCUT2D eigenvalue weighted by Crippen LogP contribution is -2.46. The first-order valence-electron chi connectivity index (χ1n) is 11.2. The molecule has 2 N–H and O–H groups in total. The van der Waals surface area contributed by atoms with E-state index >= 15 is 0 Å². The molecule has 0 bridgehead atoms. The molecular weight excluding hydrogens is 484 g/mol. The maximum Gasteiger partial charge on any atom is 0.345 e. The number of hydrogen-bond acceptors (Lipinski definition) is 6. The highest BCUT2D eigenvalue weighted by atomic mass is 79.9. The number of aromatic amines is 1. The SMILES string of the molecule is O=c1nc(-c2ccc(CN3CCN(CCOCCO)CC3)cc2)cc(-c2ccc(Br)cc2)[nH]1. The molecule has 0 atom stereocenters. The highest BCUT2D eigenvalue weighted by Gasteiger charge is 2.16. The lowest BCUT2D eigenvalue weighted by molar-refractivity contribution is 0.0564. The molecule has 1 aliphatic heterocycles. The van der Waals surface area contributed by atoms with E-state index in [-0.39, 0.29) is 12.3 Å². The van der Waals surface area contributed by atoms with Crippen LogP contribution in [0.3, 0.4) is 0 Å². The highest BCUT2D eigenvalue weighted by molar-refractivity contribution is 9.10. The monoisotopic (exact) mass is 512 g/mol. The molecule has 1 saturated heterocycles. The Hall–Kier alpha value is -2.36. The second-order valence-corrected chi connectivity index (χ2v) is 9.06. The fourth-order valence-electron chi connectivity index (χ4n) is 3.96. The van der Waals surface area contributed by atoms with Crippen molar-refractivity contribution in [1.29, 1.82) is 0 Å². The third-order valence-corrected chi connectivity index (χ3v) is 6.34. The summed E-state index contributed by atoms with van der Waals surface area (Å²) in [4.78, 5) is 24.0. The van der Waals surface area contributed by atoms with Gasteiger partial charge in [0, 0.05) is 49.3 Å². The second-order valence-electron chi connectivity index (χ2n) is 8.14. The van der Waals surface area contributed by atoms with E-state index < -0.39 is 0 Å². The summed E-state index contributed by atoms with van der Waals surface area (Å²) in [6, 6.07) is 18.1. The number of nitrogens with zero attached hydrogens (tertiary/aromatic N) is 3. The number of aromatic nitrogens is 2. The normalized spacial score (nSPS) is 15.1. The molecule has 0 unspecified atom stereocenters. The first-order valence-corrected chi connectivity index (χ1v) is 12.0. The van der Waals surface area contributed by atoms with Gasteiger partial charge in [0.25, 0.3) is 0 Å². The molecule has 4 rings (SSSR count). The van der Waals surface area contributed by atoms with E-state index in [9.17, 15) is 4.79 Å². The minimum Gasteiger partial charge on any atom is -0.394 e. The fourth-order valence-corrected chi connectivity index (χ4v) is 4.23. The van der Waals surface area contributed by atoms with Gasteiger partial charge in [0.15, 0.2) is 0 Å². The smallest absolute Gasteiger partial charge is 0.345 e. The van der Waals surface area contributed by atoms with Crippen LogP contribution in [0.4, 0.5) is 0 Å². The Labute approximate surface area is 202 Å². The molecule has 0 aliphatic carbocycles. The highest BCUT2D eigenvalue weighted by Crippen LogP contribution is 2.24. The number of hydrogen-bond donors (Lipinski definition) is 2. The zero-order chi connectivity index (χ0) is 23.0. The lowest BCUT2D eigenvalue weighted by atomic mass is 10.1. The van der Waals surface area contributed by atoms with Gasteiger partial charge in [0.2, 0.25) is 0 Å². The van der Waals surface area contributed by atoms with Crippen LogP contribution < -0.4 is 5.69 Å². The van der Waals surface area contributed by atoms with Crippen molar-refractivity contribution in [3.8, 4) is 22.5 Å². The van der Waals surface area contributed by atoms with Gasteiger partial charge in [-0.1, -0.05) is 52.3 Å². The molecule has 1 fully saturated rings. The molecule has 0 saturated carbocycles. The first kappa shape index (κ1) is 23.8. The molecule has 174 valence electrons. The molecule has 0 spiro atoms. The number of piperazine rings is 1. The Morgan fingerprint density at radius 1 is 0.939 bits per heavy atom. The molecule has 3 aromatic rings. The summed E-state index contributed by atoms with van der Waals surface area (Å²) in [5.41, 5.74) is 4.18. The number of H-pyrrole nitrogens is 1. The van der Waals surface area contributed by atoms with Crippen LogP contribution in [0.15, 0.2) is 63.9 Å². The van der Waals surface area contributed by atoms with Gasteiger partial charge in [-0.15, -0.1) is 0 Å². The predicted octanol–water partition coefficient (Wildman–Crippen LogP) is 2.99. The van der Waals surface area contributed by atoms with Crippen LogP contribution in [0.1, 0.15) is 5.56 Å². The van der Waals surface area contributed by atoms with Crippen LogP contribution in [0, 0.1) is 0 Å². The summed E-state index contributed by atoms with van der Waals surface area (Å²) in [7, 11) is 0. The van der Waals surface area contributed by atoms with Gasteiger partial charge in [-0.3, -0.25) is 9.80 Å². The molecule has 0 radical (unpaired) electrons. The van der Waals surface area contributed by atoms with Gasteiger partial charge in [-0.05, 0) is 29.3 Å². The topological polar surface area (TPSA) is 81.7 Å². The number of halogens is 1. The van der Waals surface area contributed by atoms with E-state index in [0.717, 1.165) is 60.6 Å². The Morgan fingerprint density at radius 2 is 1.61 bits per heavy atom. The minimum absolute atomic E-state index is 0.0791. The van der Waals surface area contributed by atoms with Crippen molar-refractivity contribution < 1.29 is 9.84 Å². The standard InChI is InChI=1S/C25H29BrN4O3/c26-22-7-5-21(6-8-22)24-17-23(27-25(32)28-24)20-3-1-19(2-4-20)18-30-11-9-29(10-12-30)13-15-33-16-14-31/h1-8,17,31H,9-16,18H2,(H,27,28,32). The van der Waals surface area contributed by atoms with Crippen LogP contribution in [0.25, 0.3) is 22.5 Å². The van der Waals surface area contributed by atoms with Crippen molar-refractivity contribution in [2.45, 2.75) is 6.54 Å². The molecule has 1 aliphatic rings. The Bertz CT molecular complexity index is 1080. The molecule has 7 nitrogen and oxygen atoms in total. The number of aliphatic hydroxyl groups excluding tert-OH is 1. The molecule has 2 heterocycles. The number of aliphatic hydroxyl groups is 1. The van der Waals surface area contributed by atoms with E-state index in [1.54, 1.807) is 0 Å². The molecule has 0 amide bonds. The Balaban J connectivity index is 1.35. The zero-order valence-corrected chi connectivity index (χ0v) is 20.1. The number of nitrogens with one attached hydrogen (secondary N) is 1. The van der Waals surface area contributed by atoms with Crippen LogP contribution >= 0.6 is 15.9 Å². The molecule has 2 aromatic carbocycles. The second kappa shape index (κ2) is 11.7. The van der Waals surface area contributed by atoms with Gasteiger partial charge >= 0.3 is 5.69 Å². The maximum absolute atomic E-state index is 12.2. The van der Waals surface area contributed by atoms with Gasteiger partial charge in [0.1, 0.15) is 0 Å². The van der Waals surface area contributed by atoms with E-state index in [1.165, 1.54) is 5.56 Å². The molecular formula is C25H29BrN4O3. The fraction of sp³-hybridized carbons (Fsp3) is 0.360. The van der Waals surface area contributed by atoms with Crippen LogP contribution in [-0.4, -0.2) is 77.4 Å². The zero-order valence-electron chi connectivity index (χ0n) is 18.5. The average Bonchev–Trinajstić information content (AvgIpc) is 2.83. The van der Waals surface area contributed by atoms with Crippen molar-refractivity contribution in [1.82, 2.24) is 19.8 Å². The third-order valence-electron chi connectivity index (χ3n) is 5.81. The van der Waals surface area contributed by atoms with Gasteiger partial charge in [-0.2, -0.15) is 4.98 Å². The summed E-state index contributed by atoms with van der Waals surface area (Å²) in [6.07, 6.45) is 0. The summed E-state index contributed by atoms with van der Waals surface area (Å²) in [5, 5.41) is 8.77. The van der Waals surface area contributed by atoms with Crippen molar-refractivity contribution in [2.75, 3.05) is 52.5 Å². The van der Waals surface area contributed by atoms with E-state index in [0.29, 0.717) is 18.9 Å². The maximum atomic E-state index is 12.2. The van der Waals surface area contributed by atoms with Crippen molar-refractivity contribution >= 4 is 15.9 Å². The van der Waals surface area contributed by atoms with E-state index in [4.69, 9.17) is 9.84 Å². The third kappa shape index (κ3) is 6.82. The Morgan fingerprint density at radius 3 is 2.30 bits per heavy atom. The van der Waals surface area contributed by atoms with Crippen LogP contribution in [-0.2, 0) is 11.3 Å². The van der Waals surface area contributed by atoms with Crippen molar-refractivity contribution in [2.24, 2.45) is 0 Å². The molecule has 33 heavy (non-hydrogen) atoms. The minimum atomic E-state index is -0.353. The van der Waals surface area contributed by atoms with E-state index in [2.05, 4.69) is 47.8 Å². The number of rotatable bonds is 9. The van der Waals surface area contributed by atoms with Crippen molar-refractivity contribution in [3.05, 3.63) is 75.1 Å². The van der Waals surface area contributed by atoms with Gasteiger partial charge in [-0.25, -0.2) is 4.79 Å².